The minimum Gasteiger partial charge on any atom is -0.297 e. The lowest BCUT2D eigenvalue weighted by molar-refractivity contribution is 0.112. The molecule has 0 aliphatic heterocycles. The third-order valence-electron chi connectivity index (χ3n) is 1.96. The van der Waals surface area contributed by atoms with Crippen molar-refractivity contribution in [1.29, 1.82) is 0 Å². The lowest BCUT2D eigenvalue weighted by atomic mass is 10.1. The molecule has 0 radical (unpaired) electrons. The van der Waals surface area contributed by atoms with Gasteiger partial charge in [-0.05, 0) is 0 Å². The Hall–Kier alpha value is -1.43. The Morgan fingerprint density at radius 2 is 1.60 bits per heavy atom. The molecular weight excluding hydrogens is 232 g/mol. The molecule has 0 spiro atoms. The summed E-state index contributed by atoms with van der Waals surface area (Å²) >= 11 is 0.727. The molecule has 1 aromatic carbocycles. The first kappa shape index (κ1) is 10.1. The lowest BCUT2D eigenvalue weighted by Crippen LogP contribution is -1.97. The number of rotatable bonds is 1. The number of hydrogen-bond donors (Lipinski definition) is 0. The van der Waals surface area contributed by atoms with Gasteiger partial charge in [0.1, 0.15) is 0 Å². The van der Waals surface area contributed by atoms with E-state index in [1.54, 1.807) is 0 Å². The number of aldehydes is 1. The largest absolute Gasteiger partial charge is 0.297 e. The van der Waals surface area contributed by atoms with E-state index in [2.05, 4.69) is 0 Å². The average Bonchev–Trinajstić information content (AvgIpc) is 2.67. The highest BCUT2D eigenvalue weighted by Crippen LogP contribution is 2.32. The van der Waals surface area contributed by atoms with Crippen LogP contribution in [0.25, 0.3) is 10.8 Å². The number of thiophene rings is 1. The number of benzene rings is 1. The smallest absolute Gasteiger partial charge is 0.198 e. The number of hydrogen-bond acceptors (Lipinski definition) is 2. The molecule has 1 heterocycles. The zero-order chi connectivity index (χ0) is 11.2. The average molecular weight is 234 g/mol. The molecule has 0 aliphatic carbocycles. The SMILES string of the molecule is O=Cc1scc2c(F)c(F)c(F)c(F)c12. The predicted molar refractivity (Wildman–Crippen MR) is 47.0 cm³/mol. The van der Waals surface area contributed by atoms with Gasteiger partial charge < -0.3 is 0 Å². The molecule has 0 saturated heterocycles. The Morgan fingerprint density at radius 3 is 2.20 bits per heavy atom. The minimum atomic E-state index is -1.90. The van der Waals surface area contributed by atoms with Crippen molar-refractivity contribution < 1.29 is 22.4 Å². The Morgan fingerprint density at radius 1 is 1.00 bits per heavy atom. The Labute approximate surface area is 84.9 Å². The molecule has 1 aromatic heterocycles. The van der Waals surface area contributed by atoms with Gasteiger partial charge in [0.15, 0.2) is 29.6 Å². The summed E-state index contributed by atoms with van der Waals surface area (Å²) in [5.41, 5.74) is 0. The van der Waals surface area contributed by atoms with Crippen LogP contribution < -0.4 is 0 Å². The molecule has 6 heteroatoms. The van der Waals surface area contributed by atoms with Gasteiger partial charge in [-0.1, -0.05) is 0 Å². The van der Waals surface area contributed by atoms with E-state index in [1.807, 2.05) is 0 Å². The van der Waals surface area contributed by atoms with E-state index in [1.165, 1.54) is 0 Å². The molecule has 78 valence electrons. The number of carbonyl (C=O) groups excluding carboxylic acids is 1. The molecule has 0 unspecified atom stereocenters. The van der Waals surface area contributed by atoms with Crippen LogP contribution in [0.2, 0.25) is 0 Å². The van der Waals surface area contributed by atoms with Gasteiger partial charge in [0.05, 0.1) is 4.88 Å². The van der Waals surface area contributed by atoms with E-state index in [-0.39, 0.29) is 11.2 Å². The van der Waals surface area contributed by atoms with Crippen LogP contribution in [0.4, 0.5) is 17.6 Å². The van der Waals surface area contributed by atoms with Gasteiger partial charge >= 0.3 is 0 Å². The fourth-order valence-electron chi connectivity index (χ4n) is 1.27. The van der Waals surface area contributed by atoms with Crippen molar-refractivity contribution in [2.45, 2.75) is 0 Å². The van der Waals surface area contributed by atoms with Crippen molar-refractivity contribution in [3.63, 3.8) is 0 Å². The van der Waals surface area contributed by atoms with Crippen molar-refractivity contribution in [3.8, 4) is 0 Å². The van der Waals surface area contributed by atoms with Crippen LogP contribution in [0.15, 0.2) is 5.38 Å². The molecular formula is C9H2F4OS. The number of carbonyl (C=O) groups is 1. The van der Waals surface area contributed by atoms with Crippen LogP contribution in [-0.4, -0.2) is 6.29 Å². The number of fused-ring (bicyclic) bond motifs is 1. The normalized spacial score (nSPS) is 10.9. The molecule has 15 heavy (non-hydrogen) atoms. The van der Waals surface area contributed by atoms with Gasteiger partial charge in [-0.25, -0.2) is 17.6 Å². The quantitative estimate of drug-likeness (QED) is 0.320. The first-order valence-electron chi connectivity index (χ1n) is 3.76. The van der Waals surface area contributed by atoms with Crippen LogP contribution in [0.1, 0.15) is 9.67 Å². The molecule has 0 bridgehead atoms. The Kier molecular flexibility index (Phi) is 2.22. The summed E-state index contributed by atoms with van der Waals surface area (Å²) < 4.78 is 51.9. The lowest BCUT2D eigenvalue weighted by Gasteiger charge is -2.00. The fraction of sp³-hybridized carbons (Fsp3) is 0. The van der Waals surface area contributed by atoms with E-state index in [4.69, 9.17) is 0 Å². The van der Waals surface area contributed by atoms with Crippen LogP contribution in [0.5, 0.6) is 0 Å². The van der Waals surface area contributed by atoms with Crippen molar-refractivity contribution in [3.05, 3.63) is 33.5 Å². The fourth-order valence-corrected chi connectivity index (χ4v) is 2.11. The molecule has 1 nitrogen and oxygen atoms in total. The summed E-state index contributed by atoms with van der Waals surface area (Å²) in [6.07, 6.45) is 0.271. The highest BCUT2D eigenvalue weighted by molar-refractivity contribution is 7.13. The van der Waals surface area contributed by atoms with Crippen LogP contribution in [-0.2, 0) is 0 Å². The van der Waals surface area contributed by atoms with Crippen LogP contribution in [0.3, 0.4) is 0 Å². The maximum atomic E-state index is 13.2. The highest BCUT2D eigenvalue weighted by atomic mass is 32.1. The van der Waals surface area contributed by atoms with Crippen molar-refractivity contribution >= 4 is 28.4 Å². The van der Waals surface area contributed by atoms with Gasteiger partial charge in [0, 0.05) is 16.2 Å². The maximum absolute atomic E-state index is 13.2. The summed E-state index contributed by atoms with van der Waals surface area (Å²) in [5, 5.41) is 0.143. The van der Waals surface area contributed by atoms with Crippen molar-refractivity contribution in [2.24, 2.45) is 0 Å². The summed E-state index contributed by atoms with van der Waals surface area (Å²) in [6, 6.07) is 0. The third kappa shape index (κ3) is 1.25. The van der Waals surface area contributed by atoms with E-state index < -0.39 is 34.0 Å². The molecule has 2 rings (SSSR count). The standard InChI is InChI=1S/C9H2F4OS/c10-6-3-2-15-4(1-14)5(3)7(11)9(13)8(6)12/h1-2H. The van der Waals surface area contributed by atoms with E-state index in [0.29, 0.717) is 0 Å². The molecule has 0 fully saturated rings. The van der Waals surface area contributed by atoms with Crippen LogP contribution >= 0.6 is 11.3 Å². The third-order valence-corrected chi connectivity index (χ3v) is 2.87. The highest BCUT2D eigenvalue weighted by Gasteiger charge is 2.23. The van der Waals surface area contributed by atoms with Gasteiger partial charge in [-0.15, -0.1) is 11.3 Å². The van der Waals surface area contributed by atoms with Gasteiger partial charge in [0.2, 0.25) is 0 Å². The Bertz CT molecular complexity index is 561. The second kappa shape index (κ2) is 3.30. The van der Waals surface area contributed by atoms with E-state index in [0.717, 1.165) is 16.7 Å². The molecule has 0 saturated carbocycles. The zero-order valence-corrected chi connectivity index (χ0v) is 7.80. The molecule has 0 atom stereocenters. The van der Waals surface area contributed by atoms with Gasteiger partial charge in [-0.3, -0.25) is 4.79 Å². The second-order valence-corrected chi connectivity index (χ2v) is 3.67. The topological polar surface area (TPSA) is 17.1 Å². The van der Waals surface area contributed by atoms with Crippen molar-refractivity contribution in [2.75, 3.05) is 0 Å². The van der Waals surface area contributed by atoms with Crippen LogP contribution in [0, 0.1) is 23.3 Å². The van der Waals surface area contributed by atoms with Gasteiger partial charge in [0.25, 0.3) is 0 Å². The summed E-state index contributed by atoms with van der Waals surface area (Å²) in [5.74, 6) is -6.78. The maximum Gasteiger partial charge on any atom is 0.198 e. The zero-order valence-electron chi connectivity index (χ0n) is 6.98. The molecule has 0 N–H and O–H groups in total. The van der Waals surface area contributed by atoms with E-state index in [9.17, 15) is 22.4 Å². The Balaban J connectivity index is 3.03. The summed E-state index contributed by atoms with van der Waals surface area (Å²) in [7, 11) is 0. The minimum absolute atomic E-state index is 0.166. The van der Waals surface area contributed by atoms with Gasteiger partial charge in [-0.2, -0.15) is 0 Å². The van der Waals surface area contributed by atoms with E-state index >= 15 is 0 Å². The molecule has 0 aliphatic rings. The first-order chi connectivity index (χ1) is 7.07. The number of halogens is 4. The second-order valence-electron chi connectivity index (χ2n) is 2.76. The van der Waals surface area contributed by atoms with Crippen molar-refractivity contribution in [1.82, 2.24) is 0 Å². The predicted octanol–water partition coefficient (Wildman–Crippen LogP) is 3.27. The molecule has 2 aromatic rings. The molecule has 0 amide bonds. The monoisotopic (exact) mass is 234 g/mol. The summed E-state index contributed by atoms with van der Waals surface area (Å²) in [6.45, 7) is 0. The first-order valence-corrected chi connectivity index (χ1v) is 4.64. The summed E-state index contributed by atoms with van der Waals surface area (Å²) in [4.78, 5) is 10.3.